The summed E-state index contributed by atoms with van der Waals surface area (Å²) in [5.41, 5.74) is 0.951. The zero-order chi connectivity index (χ0) is 19.1. The normalized spacial score (nSPS) is 11.4. The van der Waals surface area contributed by atoms with Crippen molar-refractivity contribution in [3.05, 3.63) is 96.1 Å². The number of hydrogen-bond acceptors (Lipinski definition) is 5. The molecule has 0 N–H and O–H groups in total. The molecule has 28 heavy (non-hydrogen) atoms. The van der Waals surface area contributed by atoms with E-state index in [1.807, 2.05) is 47.2 Å². The lowest BCUT2D eigenvalue weighted by Crippen LogP contribution is -2.22. The van der Waals surface area contributed by atoms with Gasteiger partial charge in [-0.1, -0.05) is 12.1 Å². The van der Waals surface area contributed by atoms with Crippen molar-refractivity contribution in [1.29, 1.82) is 0 Å². The minimum atomic E-state index is -0.131. The van der Waals surface area contributed by atoms with Gasteiger partial charge in [0.05, 0.1) is 34.9 Å². The van der Waals surface area contributed by atoms with Gasteiger partial charge in [0.1, 0.15) is 0 Å². The fourth-order valence-electron chi connectivity index (χ4n) is 3.29. The molecular formula is C21H15N3O2S2. The Morgan fingerprint density at radius 2 is 1.25 bits per heavy atom. The molecule has 0 spiro atoms. The highest BCUT2D eigenvalue weighted by atomic mass is 32.1. The first kappa shape index (κ1) is 17.1. The van der Waals surface area contributed by atoms with Crippen LogP contribution in [0.5, 0.6) is 0 Å². The van der Waals surface area contributed by atoms with Crippen molar-refractivity contribution >= 4 is 44.5 Å². The van der Waals surface area contributed by atoms with Gasteiger partial charge in [0.15, 0.2) is 0 Å². The van der Waals surface area contributed by atoms with Crippen molar-refractivity contribution in [3.63, 3.8) is 0 Å². The molecule has 5 aromatic heterocycles. The summed E-state index contributed by atoms with van der Waals surface area (Å²) >= 11 is 3.23. The van der Waals surface area contributed by atoms with Gasteiger partial charge in [-0.25, -0.2) is 4.98 Å². The molecule has 0 bridgehead atoms. The summed E-state index contributed by atoms with van der Waals surface area (Å²) in [4.78, 5) is 32.7. The molecular weight excluding hydrogens is 390 g/mol. The van der Waals surface area contributed by atoms with Gasteiger partial charge in [-0.05, 0) is 41.1 Å². The van der Waals surface area contributed by atoms with Gasteiger partial charge in [-0.15, -0.1) is 22.7 Å². The van der Waals surface area contributed by atoms with E-state index in [9.17, 15) is 9.59 Å². The van der Waals surface area contributed by atoms with Gasteiger partial charge in [0, 0.05) is 22.1 Å². The van der Waals surface area contributed by atoms with Crippen LogP contribution in [-0.2, 0) is 13.1 Å². The minimum Gasteiger partial charge on any atom is -0.310 e. The van der Waals surface area contributed by atoms with E-state index in [1.54, 1.807) is 50.3 Å². The molecule has 0 aliphatic carbocycles. The Labute approximate surface area is 167 Å². The molecule has 5 rings (SSSR count). The van der Waals surface area contributed by atoms with Gasteiger partial charge in [-0.3, -0.25) is 9.59 Å². The van der Waals surface area contributed by atoms with Crippen molar-refractivity contribution in [1.82, 2.24) is 14.1 Å². The SMILES string of the molecule is O=c1c2cc3c(=O)n(Cc4cccs4)ccc3nc2ccn1Cc1cccs1. The summed E-state index contributed by atoms with van der Waals surface area (Å²) < 4.78 is 3.32. The molecule has 0 atom stereocenters. The number of hydrogen-bond donors (Lipinski definition) is 0. The van der Waals surface area contributed by atoms with Crippen molar-refractivity contribution in [2.24, 2.45) is 0 Å². The highest BCUT2D eigenvalue weighted by Crippen LogP contribution is 2.16. The molecule has 5 nitrogen and oxygen atoms in total. The quantitative estimate of drug-likeness (QED) is 0.426. The number of aromatic nitrogens is 3. The van der Waals surface area contributed by atoms with E-state index in [-0.39, 0.29) is 11.1 Å². The van der Waals surface area contributed by atoms with Crippen LogP contribution in [0.4, 0.5) is 0 Å². The van der Waals surface area contributed by atoms with Crippen LogP contribution >= 0.6 is 22.7 Å². The topological polar surface area (TPSA) is 56.9 Å². The molecule has 0 saturated heterocycles. The van der Waals surface area contributed by atoms with E-state index in [1.165, 1.54) is 0 Å². The second-order valence-corrected chi connectivity index (χ2v) is 8.57. The molecule has 0 saturated carbocycles. The molecule has 0 unspecified atom stereocenters. The Morgan fingerprint density at radius 1 is 0.750 bits per heavy atom. The maximum atomic E-state index is 13.0. The van der Waals surface area contributed by atoms with Crippen LogP contribution in [0.1, 0.15) is 9.75 Å². The average molecular weight is 406 g/mol. The molecule has 138 valence electrons. The van der Waals surface area contributed by atoms with Gasteiger partial charge in [0.25, 0.3) is 11.1 Å². The minimum absolute atomic E-state index is 0.131. The van der Waals surface area contributed by atoms with Crippen LogP contribution in [0.3, 0.4) is 0 Å². The molecule has 7 heteroatoms. The summed E-state index contributed by atoms with van der Waals surface area (Å²) in [7, 11) is 0. The van der Waals surface area contributed by atoms with E-state index in [0.717, 1.165) is 9.75 Å². The average Bonchev–Trinajstić information content (AvgIpc) is 3.40. The first-order chi connectivity index (χ1) is 13.7. The molecule has 0 aromatic carbocycles. The molecule has 5 heterocycles. The smallest absolute Gasteiger partial charge is 0.260 e. The standard InChI is InChI=1S/C21H15N3O2S2/c25-20-16-11-17-19(6-8-24(21(17)26)13-15-4-2-10-28-15)22-18(16)5-7-23(20)12-14-3-1-9-27-14/h1-11H,12-13H2. The van der Waals surface area contributed by atoms with Crippen molar-refractivity contribution in [2.45, 2.75) is 13.1 Å². The van der Waals surface area contributed by atoms with Crippen LogP contribution in [0, 0.1) is 0 Å². The number of thiophene rings is 2. The lowest BCUT2D eigenvalue weighted by Gasteiger charge is -2.08. The van der Waals surface area contributed by atoms with Crippen molar-refractivity contribution < 1.29 is 0 Å². The Hall–Kier alpha value is -3.03. The Bertz CT molecular complexity index is 1290. The van der Waals surface area contributed by atoms with Crippen molar-refractivity contribution in [3.8, 4) is 0 Å². The molecule has 0 fully saturated rings. The number of pyridine rings is 3. The maximum Gasteiger partial charge on any atom is 0.260 e. The van der Waals surface area contributed by atoms with Gasteiger partial charge in [0.2, 0.25) is 0 Å². The lowest BCUT2D eigenvalue weighted by molar-refractivity contribution is 0.776. The Kier molecular flexibility index (Phi) is 4.18. The van der Waals surface area contributed by atoms with Gasteiger partial charge < -0.3 is 9.13 Å². The number of nitrogens with zero attached hydrogens (tertiary/aromatic N) is 3. The first-order valence-corrected chi connectivity index (χ1v) is 10.5. The fourth-order valence-corrected chi connectivity index (χ4v) is 4.70. The predicted octanol–water partition coefficient (Wildman–Crippen LogP) is 3.93. The second-order valence-electron chi connectivity index (χ2n) is 6.51. The van der Waals surface area contributed by atoms with E-state index < -0.39 is 0 Å². The third-order valence-corrected chi connectivity index (χ3v) is 6.42. The Balaban J connectivity index is 1.65. The molecule has 0 radical (unpaired) electrons. The number of rotatable bonds is 4. The van der Waals surface area contributed by atoms with Crippen LogP contribution in [0.15, 0.2) is 75.2 Å². The summed E-state index contributed by atoms with van der Waals surface area (Å²) in [6, 6.07) is 13.3. The summed E-state index contributed by atoms with van der Waals surface area (Å²) in [6.45, 7) is 1.03. The van der Waals surface area contributed by atoms with Crippen LogP contribution < -0.4 is 11.1 Å². The third-order valence-electron chi connectivity index (χ3n) is 4.70. The maximum absolute atomic E-state index is 13.0. The predicted molar refractivity (Wildman–Crippen MR) is 115 cm³/mol. The largest absolute Gasteiger partial charge is 0.310 e. The highest BCUT2D eigenvalue weighted by molar-refractivity contribution is 7.10. The second kappa shape index (κ2) is 6.85. The number of fused-ring (bicyclic) bond motifs is 2. The van der Waals surface area contributed by atoms with Crippen molar-refractivity contribution in [2.75, 3.05) is 0 Å². The first-order valence-electron chi connectivity index (χ1n) is 8.77. The van der Waals surface area contributed by atoms with E-state index >= 15 is 0 Å². The molecule has 0 aliphatic rings. The highest BCUT2D eigenvalue weighted by Gasteiger charge is 2.11. The van der Waals surface area contributed by atoms with E-state index in [0.29, 0.717) is 34.9 Å². The van der Waals surface area contributed by atoms with E-state index in [2.05, 4.69) is 4.98 Å². The lowest BCUT2D eigenvalue weighted by atomic mass is 10.2. The Morgan fingerprint density at radius 3 is 1.68 bits per heavy atom. The van der Waals surface area contributed by atoms with Gasteiger partial charge >= 0.3 is 0 Å². The van der Waals surface area contributed by atoms with E-state index in [4.69, 9.17) is 0 Å². The summed E-state index contributed by atoms with van der Waals surface area (Å²) in [5, 5.41) is 4.93. The van der Waals surface area contributed by atoms with Crippen LogP contribution in [0.25, 0.3) is 21.8 Å². The molecule has 0 amide bonds. The van der Waals surface area contributed by atoms with Crippen LogP contribution in [-0.4, -0.2) is 14.1 Å². The van der Waals surface area contributed by atoms with Crippen LogP contribution in [0.2, 0.25) is 0 Å². The molecule has 0 aliphatic heterocycles. The molecule has 5 aromatic rings. The zero-order valence-corrected chi connectivity index (χ0v) is 16.4. The summed E-state index contributed by atoms with van der Waals surface area (Å²) in [5.74, 6) is 0. The monoisotopic (exact) mass is 405 g/mol. The van der Waals surface area contributed by atoms with Gasteiger partial charge in [-0.2, -0.15) is 0 Å². The summed E-state index contributed by atoms with van der Waals surface area (Å²) in [6.07, 6.45) is 3.53. The fraction of sp³-hybridized carbons (Fsp3) is 0.0952. The third kappa shape index (κ3) is 2.98. The zero-order valence-electron chi connectivity index (χ0n) is 14.7.